The van der Waals surface area contributed by atoms with Gasteiger partial charge in [-0.1, -0.05) is 6.92 Å². The van der Waals surface area contributed by atoms with Gasteiger partial charge in [-0.05, 0) is 6.07 Å². The Labute approximate surface area is 92.8 Å². The highest BCUT2D eigenvalue weighted by Crippen LogP contribution is 2.28. The fraction of sp³-hybridized carbons (Fsp3) is 0.222. The number of benzene rings is 1. The highest BCUT2D eigenvalue weighted by molar-refractivity contribution is 7.91. The number of rotatable bonds is 3. The second-order valence-electron chi connectivity index (χ2n) is 3.17. The van der Waals surface area contributed by atoms with E-state index in [1.807, 2.05) is 0 Å². The number of amides is 1. The van der Waals surface area contributed by atoms with Crippen LogP contribution in [0.1, 0.15) is 17.3 Å². The Balaban J connectivity index is 3.55. The zero-order valence-electron chi connectivity index (χ0n) is 8.60. The summed E-state index contributed by atoms with van der Waals surface area (Å²) in [6.07, 6.45) is 0. The van der Waals surface area contributed by atoms with Crippen LogP contribution in [0.4, 0.5) is 5.69 Å². The van der Waals surface area contributed by atoms with Gasteiger partial charge in [-0.3, -0.25) is 4.79 Å². The molecule has 0 saturated carbocycles. The summed E-state index contributed by atoms with van der Waals surface area (Å²) in [6.45, 7) is 1.45. The first-order valence-electron chi connectivity index (χ1n) is 4.44. The molecule has 0 heterocycles. The van der Waals surface area contributed by atoms with E-state index in [1.54, 1.807) is 0 Å². The van der Waals surface area contributed by atoms with Crippen LogP contribution >= 0.6 is 0 Å². The molecule has 0 aliphatic heterocycles. The molecule has 0 fully saturated rings. The van der Waals surface area contributed by atoms with E-state index in [0.29, 0.717) is 0 Å². The SMILES string of the molecule is CCS(=O)(=O)c1cc(C(N)=O)c(O)cc1N. The standard InChI is InChI=1S/C9H12N2O4S/c1-2-16(14,15)8-3-5(9(11)13)7(12)4-6(8)10/h3-4,12H,2,10H2,1H3,(H2,11,13). The first-order valence-corrected chi connectivity index (χ1v) is 6.10. The van der Waals surface area contributed by atoms with Crippen molar-refractivity contribution in [3.63, 3.8) is 0 Å². The first-order chi connectivity index (χ1) is 7.29. The van der Waals surface area contributed by atoms with Crippen LogP contribution in [-0.4, -0.2) is 25.2 Å². The molecule has 6 nitrogen and oxygen atoms in total. The van der Waals surface area contributed by atoms with Crippen LogP contribution in [0.25, 0.3) is 0 Å². The van der Waals surface area contributed by atoms with Crippen LogP contribution in [0.5, 0.6) is 5.75 Å². The molecule has 1 amide bonds. The summed E-state index contributed by atoms with van der Waals surface area (Å²) in [7, 11) is -3.55. The van der Waals surface area contributed by atoms with Crippen molar-refractivity contribution < 1.29 is 18.3 Å². The minimum atomic E-state index is -3.55. The highest BCUT2D eigenvalue weighted by atomic mass is 32.2. The zero-order chi connectivity index (χ0) is 12.5. The molecular formula is C9H12N2O4S. The lowest BCUT2D eigenvalue weighted by Crippen LogP contribution is -2.14. The molecule has 1 rings (SSSR count). The van der Waals surface area contributed by atoms with Gasteiger partial charge in [0.25, 0.3) is 5.91 Å². The summed E-state index contributed by atoms with van der Waals surface area (Å²) in [5, 5.41) is 9.35. The van der Waals surface area contributed by atoms with Crippen LogP contribution in [0, 0.1) is 0 Å². The van der Waals surface area contributed by atoms with Crippen LogP contribution < -0.4 is 11.5 Å². The van der Waals surface area contributed by atoms with Crippen LogP contribution in [0.3, 0.4) is 0 Å². The number of nitrogens with two attached hydrogens (primary N) is 2. The summed E-state index contributed by atoms with van der Waals surface area (Å²) >= 11 is 0. The van der Waals surface area contributed by atoms with Crippen molar-refractivity contribution in [1.82, 2.24) is 0 Å². The number of anilines is 1. The maximum atomic E-state index is 11.6. The molecule has 0 unspecified atom stereocenters. The monoisotopic (exact) mass is 244 g/mol. The number of nitrogen functional groups attached to an aromatic ring is 1. The number of phenols is 1. The lowest BCUT2D eigenvalue weighted by Gasteiger charge is -2.08. The molecule has 88 valence electrons. The molecule has 0 aromatic heterocycles. The average Bonchev–Trinajstić information content (AvgIpc) is 2.16. The normalized spacial score (nSPS) is 11.3. The number of hydrogen-bond donors (Lipinski definition) is 3. The predicted molar refractivity (Wildman–Crippen MR) is 58.8 cm³/mol. The number of carbonyl (C=O) groups excluding carboxylic acids is 1. The molecule has 0 atom stereocenters. The van der Waals surface area contributed by atoms with E-state index in [9.17, 15) is 18.3 Å². The minimum absolute atomic E-state index is 0.107. The van der Waals surface area contributed by atoms with E-state index in [0.717, 1.165) is 12.1 Å². The molecule has 16 heavy (non-hydrogen) atoms. The van der Waals surface area contributed by atoms with E-state index in [-0.39, 0.29) is 21.9 Å². The van der Waals surface area contributed by atoms with E-state index in [1.165, 1.54) is 6.92 Å². The second kappa shape index (κ2) is 4.01. The van der Waals surface area contributed by atoms with Crippen molar-refractivity contribution in [3.05, 3.63) is 17.7 Å². The summed E-state index contributed by atoms with van der Waals surface area (Å²) in [4.78, 5) is 10.7. The van der Waals surface area contributed by atoms with Crippen LogP contribution in [0.2, 0.25) is 0 Å². The molecule has 1 aromatic carbocycles. The number of aromatic hydroxyl groups is 1. The number of carbonyl (C=O) groups is 1. The Morgan fingerprint density at radius 2 is 2.00 bits per heavy atom. The first kappa shape index (κ1) is 12.3. The Morgan fingerprint density at radius 1 is 1.44 bits per heavy atom. The van der Waals surface area contributed by atoms with Crippen molar-refractivity contribution in [3.8, 4) is 5.75 Å². The van der Waals surface area contributed by atoms with Gasteiger partial charge in [-0.25, -0.2) is 8.42 Å². The van der Waals surface area contributed by atoms with Gasteiger partial charge in [-0.2, -0.15) is 0 Å². The van der Waals surface area contributed by atoms with Crippen molar-refractivity contribution >= 4 is 21.4 Å². The number of primary amides is 1. The molecular weight excluding hydrogens is 232 g/mol. The molecule has 0 saturated heterocycles. The fourth-order valence-corrected chi connectivity index (χ4v) is 2.23. The molecule has 0 radical (unpaired) electrons. The second-order valence-corrected chi connectivity index (χ2v) is 5.42. The topological polar surface area (TPSA) is 123 Å². The van der Waals surface area contributed by atoms with Crippen LogP contribution in [0.15, 0.2) is 17.0 Å². The van der Waals surface area contributed by atoms with E-state index >= 15 is 0 Å². The Bertz CT molecular complexity index is 537. The Hall–Kier alpha value is -1.76. The van der Waals surface area contributed by atoms with Gasteiger partial charge in [0.15, 0.2) is 9.84 Å². The van der Waals surface area contributed by atoms with Crippen molar-refractivity contribution in [2.75, 3.05) is 11.5 Å². The van der Waals surface area contributed by atoms with Gasteiger partial charge < -0.3 is 16.6 Å². The highest BCUT2D eigenvalue weighted by Gasteiger charge is 2.20. The third-order valence-corrected chi connectivity index (χ3v) is 3.89. The van der Waals surface area contributed by atoms with Crippen molar-refractivity contribution in [2.24, 2.45) is 5.73 Å². The van der Waals surface area contributed by atoms with E-state index in [4.69, 9.17) is 11.5 Å². The molecule has 0 bridgehead atoms. The number of sulfone groups is 1. The van der Waals surface area contributed by atoms with E-state index < -0.39 is 21.5 Å². The summed E-state index contributed by atoms with van der Waals surface area (Å²) in [6, 6.07) is 1.99. The maximum Gasteiger partial charge on any atom is 0.252 e. The van der Waals surface area contributed by atoms with Crippen LogP contribution in [-0.2, 0) is 9.84 Å². The zero-order valence-corrected chi connectivity index (χ0v) is 9.41. The van der Waals surface area contributed by atoms with Gasteiger partial charge in [-0.15, -0.1) is 0 Å². The van der Waals surface area contributed by atoms with Gasteiger partial charge in [0, 0.05) is 6.07 Å². The number of hydrogen-bond acceptors (Lipinski definition) is 5. The smallest absolute Gasteiger partial charge is 0.252 e. The quantitative estimate of drug-likeness (QED) is 0.639. The Morgan fingerprint density at radius 3 is 2.44 bits per heavy atom. The lowest BCUT2D eigenvalue weighted by atomic mass is 10.2. The Kier molecular flexibility index (Phi) is 3.09. The molecule has 7 heteroatoms. The van der Waals surface area contributed by atoms with Gasteiger partial charge in [0.2, 0.25) is 0 Å². The summed E-state index contributed by atoms with van der Waals surface area (Å²) < 4.78 is 23.2. The molecule has 5 N–H and O–H groups in total. The maximum absolute atomic E-state index is 11.6. The molecule has 1 aromatic rings. The van der Waals surface area contributed by atoms with Gasteiger partial charge in [0.05, 0.1) is 21.9 Å². The summed E-state index contributed by atoms with van der Waals surface area (Å²) in [5.74, 6) is -1.50. The summed E-state index contributed by atoms with van der Waals surface area (Å²) in [5.41, 5.74) is 10.1. The third kappa shape index (κ3) is 2.08. The van der Waals surface area contributed by atoms with Crippen molar-refractivity contribution in [2.45, 2.75) is 11.8 Å². The fourth-order valence-electron chi connectivity index (χ4n) is 1.21. The lowest BCUT2D eigenvalue weighted by molar-refractivity contribution is 0.0997. The van der Waals surface area contributed by atoms with Crippen molar-refractivity contribution in [1.29, 1.82) is 0 Å². The van der Waals surface area contributed by atoms with Gasteiger partial charge >= 0.3 is 0 Å². The molecule has 0 aliphatic carbocycles. The largest absolute Gasteiger partial charge is 0.507 e. The average molecular weight is 244 g/mol. The van der Waals surface area contributed by atoms with Gasteiger partial charge in [0.1, 0.15) is 5.75 Å². The molecule has 0 aliphatic rings. The minimum Gasteiger partial charge on any atom is -0.507 e. The molecule has 0 spiro atoms. The predicted octanol–water partition coefficient (Wildman–Crippen LogP) is -0.133. The van der Waals surface area contributed by atoms with E-state index in [2.05, 4.69) is 0 Å². The third-order valence-electron chi connectivity index (χ3n) is 2.11.